The lowest BCUT2D eigenvalue weighted by atomic mass is 9.84. The molecule has 0 bridgehead atoms. The first-order valence-corrected chi connectivity index (χ1v) is 11.6. The van der Waals surface area contributed by atoms with Crippen molar-refractivity contribution in [3.63, 3.8) is 0 Å². The molecule has 172 valence electrons. The van der Waals surface area contributed by atoms with Crippen molar-refractivity contribution >= 4 is 17.7 Å². The largest absolute Gasteiger partial charge is 0.468 e. The Morgan fingerprint density at radius 1 is 0.806 bits per heavy atom. The van der Waals surface area contributed by atoms with Crippen molar-refractivity contribution in [2.75, 3.05) is 14.2 Å². The molecule has 31 heavy (non-hydrogen) atoms. The summed E-state index contributed by atoms with van der Waals surface area (Å²) in [6.45, 7) is 8.08. The predicted molar refractivity (Wildman–Crippen MR) is 121 cm³/mol. The van der Waals surface area contributed by atoms with Crippen molar-refractivity contribution in [1.82, 2.24) is 0 Å². The van der Waals surface area contributed by atoms with Crippen molar-refractivity contribution in [2.45, 2.75) is 91.9 Å². The number of hydrogen-bond donors (Lipinski definition) is 0. The first-order valence-electron chi connectivity index (χ1n) is 11.6. The van der Waals surface area contributed by atoms with Crippen molar-refractivity contribution in [1.29, 1.82) is 0 Å². The van der Waals surface area contributed by atoms with Crippen LogP contribution in [0.2, 0.25) is 0 Å². The Morgan fingerprint density at radius 2 is 1.32 bits per heavy atom. The van der Waals surface area contributed by atoms with Crippen LogP contribution in [0.3, 0.4) is 0 Å². The van der Waals surface area contributed by atoms with Crippen molar-refractivity contribution in [3.05, 3.63) is 33.4 Å². The summed E-state index contributed by atoms with van der Waals surface area (Å²) >= 11 is 0. The molecule has 0 unspecified atom stereocenters. The Balaban J connectivity index is 2.47. The zero-order valence-electron chi connectivity index (χ0n) is 20.1. The number of carbonyl (C=O) groups excluding carboxylic acids is 3. The Kier molecular flexibility index (Phi) is 8.84. The van der Waals surface area contributed by atoms with Crippen molar-refractivity contribution in [3.8, 4) is 0 Å². The minimum absolute atomic E-state index is 0.123. The van der Waals surface area contributed by atoms with Crippen molar-refractivity contribution in [2.24, 2.45) is 5.41 Å². The number of unbranched alkanes of at least 4 members (excludes halogenated alkanes) is 5. The fourth-order valence-electron chi connectivity index (χ4n) is 5.06. The summed E-state index contributed by atoms with van der Waals surface area (Å²) in [6.07, 6.45) is 8.88. The number of Topliss-reactive ketones (excluding diaryl/α,β-unsaturated/α-hetero) is 1. The quantitative estimate of drug-likeness (QED) is 0.208. The summed E-state index contributed by atoms with van der Waals surface area (Å²) in [6, 6.07) is 0. The Bertz CT molecular complexity index is 821. The molecule has 0 saturated heterocycles. The third-order valence-corrected chi connectivity index (χ3v) is 6.89. The number of rotatable bonds is 11. The van der Waals surface area contributed by atoms with E-state index in [1.165, 1.54) is 39.9 Å². The van der Waals surface area contributed by atoms with Gasteiger partial charge in [-0.2, -0.15) is 0 Å². The van der Waals surface area contributed by atoms with Crippen LogP contribution >= 0.6 is 0 Å². The van der Waals surface area contributed by atoms with E-state index in [1.54, 1.807) is 0 Å². The zero-order valence-corrected chi connectivity index (χ0v) is 20.1. The maximum absolute atomic E-state index is 12.9. The maximum atomic E-state index is 12.9. The fraction of sp³-hybridized carbons (Fsp3) is 0.654. The summed E-state index contributed by atoms with van der Waals surface area (Å²) in [5.74, 6) is -1.02. The Labute approximate surface area is 186 Å². The summed E-state index contributed by atoms with van der Waals surface area (Å²) in [4.78, 5) is 38.3. The van der Waals surface area contributed by atoms with Crippen LogP contribution in [0.5, 0.6) is 0 Å². The number of ketones is 1. The minimum atomic E-state index is -1.37. The van der Waals surface area contributed by atoms with E-state index in [1.807, 2.05) is 20.8 Å². The molecule has 0 aromatic heterocycles. The predicted octanol–water partition coefficient (Wildman–Crippen LogP) is 5.23. The zero-order chi connectivity index (χ0) is 23.2. The summed E-state index contributed by atoms with van der Waals surface area (Å²) in [7, 11) is 2.59. The van der Waals surface area contributed by atoms with Gasteiger partial charge in [-0.25, -0.2) is 0 Å². The number of esters is 2. The van der Waals surface area contributed by atoms with Crippen molar-refractivity contribution < 1.29 is 23.9 Å². The van der Waals surface area contributed by atoms with Gasteiger partial charge in [0.05, 0.1) is 14.2 Å². The van der Waals surface area contributed by atoms with E-state index in [-0.39, 0.29) is 18.6 Å². The SMILES string of the molecule is CCCCCCCCc1c(C)c2c(c(C)c1C(=O)CC)CC(C(=O)OC)(C(=O)OC)C2. The summed E-state index contributed by atoms with van der Waals surface area (Å²) in [5.41, 5.74) is 4.39. The molecule has 0 atom stereocenters. The number of methoxy groups -OCH3 is 2. The monoisotopic (exact) mass is 430 g/mol. The molecule has 0 radical (unpaired) electrons. The van der Waals surface area contributed by atoms with Crippen LogP contribution in [-0.4, -0.2) is 31.9 Å². The minimum Gasteiger partial charge on any atom is -0.468 e. The molecule has 0 saturated carbocycles. The van der Waals surface area contributed by atoms with Gasteiger partial charge in [-0.15, -0.1) is 0 Å². The van der Waals surface area contributed by atoms with Gasteiger partial charge in [0.1, 0.15) is 0 Å². The van der Waals surface area contributed by atoms with Crippen LogP contribution in [0.15, 0.2) is 0 Å². The summed E-state index contributed by atoms with van der Waals surface area (Å²) in [5, 5.41) is 0. The number of benzene rings is 1. The number of ether oxygens (including phenoxy) is 2. The van der Waals surface area contributed by atoms with E-state index in [0.29, 0.717) is 6.42 Å². The topological polar surface area (TPSA) is 69.7 Å². The van der Waals surface area contributed by atoms with Gasteiger partial charge in [-0.3, -0.25) is 14.4 Å². The first kappa shape index (κ1) is 25.1. The lowest BCUT2D eigenvalue weighted by Crippen LogP contribution is -2.42. The Morgan fingerprint density at radius 3 is 1.84 bits per heavy atom. The molecule has 0 aliphatic heterocycles. The molecular formula is C26H38O5. The molecule has 1 aliphatic rings. The molecule has 1 aliphatic carbocycles. The van der Waals surface area contributed by atoms with Crippen LogP contribution in [-0.2, 0) is 38.3 Å². The average molecular weight is 431 g/mol. The fourth-order valence-corrected chi connectivity index (χ4v) is 5.06. The number of fused-ring (bicyclic) bond motifs is 1. The molecular weight excluding hydrogens is 392 g/mol. The van der Waals surface area contributed by atoms with Crippen LogP contribution in [0.4, 0.5) is 0 Å². The second-order valence-corrected chi connectivity index (χ2v) is 8.77. The van der Waals surface area contributed by atoms with Crippen LogP contribution in [0, 0.1) is 19.3 Å². The normalized spacial score (nSPS) is 14.3. The van der Waals surface area contributed by atoms with Gasteiger partial charge in [-0.1, -0.05) is 46.0 Å². The van der Waals surface area contributed by atoms with E-state index in [9.17, 15) is 14.4 Å². The highest BCUT2D eigenvalue weighted by Crippen LogP contribution is 2.44. The van der Waals surface area contributed by atoms with E-state index in [2.05, 4.69) is 6.92 Å². The van der Waals surface area contributed by atoms with Gasteiger partial charge < -0.3 is 9.47 Å². The molecule has 2 rings (SSSR count). The lowest BCUT2D eigenvalue weighted by molar-refractivity contribution is -0.168. The Hall–Kier alpha value is -2.17. The highest BCUT2D eigenvalue weighted by atomic mass is 16.5. The van der Waals surface area contributed by atoms with Gasteiger partial charge in [0.2, 0.25) is 0 Å². The molecule has 0 N–H and O–H groups in total. The third-order valence-electron chi connectivity index (χ3n) is 6.89. The van der Waals surface area contributed by atoms with E-state index < -0.39 is 17.4 Å². The molecule has 1 aromatic carbocycles. The third kappa shape index (κ3) is 4.86. The van der Waals surface area contributed by atoms with Gasteiger partial charge in [0.15, 0.2) is 11.2 Å². The molecule has 0 heterocycles. The van der Waals surface area contributed by atoms with Gasteiger partial charge in [-0.05, 0) is 54.5 Å². The van der Waals surface area contributed by atoms with E-state index >= 15 is 0 Å². The molecule has 0 fully saturated rings. The maximum Gasteiger partial charge on any atom is 0.323 e. The molecule has 0 amide bonds. The second-order valence-electron chi connectivity index (χ2n) is 8.77. The van der Waals surface area contributed by atoms with E-state index in [0.717, 1.165) is 52.6 Å². The van der Waals surface area contributed by atoms with Crippen LogP contribution in [0.1, 0.15) is 97.0 Å². The smallest absolute Gasteiger partial charge is 0.323 e. The van der Waals surface area contributed by atoms with Crippen LogP contribution < -0.4 is 0 Å². The van der Waals surface area contributed by atoms with Gasteiger partial charge in [0.25, 0.3) is 0 Å². The van der Waals surface area contributed by atoms with Gasteiger partial charge in [0, 0.05) is 24.8 Å². The standard InChI is InChI=1S/C26H38O5/c1-7-9-10-11-12-13-14-19-17(3)20-15-26(24(28)30-5,25(29)31-6)16-21(20)18(4)23(19)22(27)8-2/h7-16H2,1-6H3. The highest BCUT2D eigenvalue weighted by molar-refractivity contribution is 6.03. The molecule has 5 heteroatoms. The van der Waals surface area contributed by atoms with Gasteiger partial charge >= 0.3 is 11.9 Å². The highest BCUT2D eigenvalue weighted by Gasteiger charge is 2.53. The van der Waals surface area contributed by atoms with Crippen LogP contribution in [0.25, 0.3) is 0 Å². The van der Waals surface area contributed by atoms with E-state index in [4.69, 9.17) is 9.47 Å². The first-order chi connectivity index (χ1) is 14.8. The number of carbonyl (C=O) groups is 3. The summed E-state index contributed by atoms with van der Waals surface area (Å²) < 4.78 is 10.0. The average Bonchev–Trinajstić information content (AvgIpc) is 3.20. The number of hydrogen-bond acceptors (Lipinski definition) is 5. The molecule has 1 aromatic rings. The molecule has 0 spiro atoms. The lowest BCUT2D eigenvalue weighted by Gasteiger charge is -2.22. The molecule has 5 nitrogen and oxygen atoms in total. The second kappa shape index (κ2) is 10.9.